The molecule has 0 amide bonds. The summed E-state index contributed by atoms with van der Waals surface area (Å²) in [7, 11) is 0. The maximum Gasteiger partial charge on any atom is 0.0583 e. The number of allylic oxidation sites excluding steroid dienone is 6. The summed E-state index contributed by atoms with van der Waals surface area (Å²) in [4.78, 5) is 0. The summed E-state index contributed by atoms with van der Waals surface area (Å²) in [6.45, 7) is 1.94. The molecular formula is C8H8Cl2. The highest BCUT2D eigenvalue weighted by Crippen LogP contribution is 2.26. The normalized spacial score (nSPS) is 18.9. The molecule has 0 fully saturated rings. The lowest BCUT2D eigenvalue weighted by Crippen LogP contribution is -1.77. The Kier molecular flexibility index (Phi) is 2.58. The van der Waals surface area contributed by atoms with Crippen LogP contribution in [0.25, 0.3) is 0 Å². The van der Waals surface area contributed by atoms with Crippen LogP contribution in [0, 0.1) is 0 Å². The molecule has 1 aliphatic rings. The van der Waals surface area contributed by atoms with Gasteiger partial charge < -0.3 is 0 Å². The Morgan fingerprint density at radius 1 is 1.40 bits per heavy atom. The fourth-order valence-corrected chi connectivity index (χ4v) is 1.14. The third-order valence-electron chi connectivity index (χ3n) is 1.36. The van der Waals surface area contributed by atoms with Crippen molar-refractivity contribution in [2.24, 2.45) is 0 Å². The third-order valence-corrected chi connectivity index (χ3v) is 2.33. The van der Waals surface area contributed by atoms with Gasteiger partial charge in [-0.05, 0) is 12.5 Å². The molecule has 0 saturated carbocycles. The molecule has 0 aromatic carbocycles. The van der Waals surface area contributed by atoms with E-state index in [9.17, 15) is 0 Å². The van der Waals surface area contributed by atoms with Crippen LogP contribution in [0.15, 0.2) is 33.9 Å². The van der Waals surface area contributed by atoms with Crippen molar-refractivity contribution in [1.82, 2.24) is 0 Å². The SMILES string of the molecule is CC1=CC=CCC(Cl)=C1Cl. The van der Waals surface area contributed by atoms with Crippen molar-refractivity contribution in [2.75, 3.05) is 0 Å². The first-order valence-electron chi connectivity index (χ1n) is 3.10. The summed E-state index contributed by atoms with van der Waals surface area (Å²) in [6.07, 6.45) is 6.65. The second-order valence-electron chi connectivity index (χ2n) is 2.20. The number of halogens is 2. The van der Waals surface area contributed by atoms with Crippen LogP contribution in [0.1, 0.15) is 13.3 Å². The van der Waals surface area contributed by atoms with Crippen LogP contribution >= 0.6 is 23.2 Å². The molecule has 10 heavy (non-hydrogen) atoms. The van der Waals surface area contributed by atoms with Gasteiger partial charge in [0.15, 0.2) is 0 Å². The van der Waals surface area contributed by atoms with Crippen LogP contribution in [-0.4, -0.2) is 0 Å². The van der Waals surface area contributed by atoms with Crippen LogP contribution < -0.4 is 0 Å². The van der Waals surface area contributed by atoms with Gasteiger partial charge in [-0.1, -0.05) is 41.4 Å². The molecule has 0 heterocycles. The van der Waals surface area contributed by atoms with Crippen molar-refractivity contribution in [1.29, 1.82) is 0 Å². The van der Waals surface area contributed by atoms with Gasteiger partial charge in [0.05, 0.1) is 5.03 Å². The first-order chi connectivity index (χ1) is 4.72. The standard InChI is InChI=1S/C8H8Cl2/c1-6-4-2-3-5-7(9)8(6)10/h2-4H,5H2,1H3. The van der Waals surface area contributed by atoms with E-state index in [2.05, 4.69) is 0 Å². The van der Waals surface area contributed by atoms with E-state index < -0.39 is 0 Å². The molecule has 0 radical (unpaired) electrons. The molecule has 0 spiro atoms. The zero-order valence-corrected chi connectivity index (χ0v) is 7.21. The van der Waals surface area contributed by atoms with E-state index >= 15 is 0 Å². The summed E-state index contributed by atoms with van der Waals surface area (Å²) >= 11 is 11.7. The Labute approximate surface area is 70.8 Å². The van der Waals surface area contributed by atoms with Gasteiger partial charge in [0.25, 0.3) is 0 Å². The molecular weight excluding hydrogens is 167 g/mol. The van der Waals surface area contributed by atoms with Crippen LogP contribution in [0.5, 0.6) is 0 Å². The monoisotopic (exact) mass is 174 g/mol. The van der Waals surface area contributed by atoms with Crippen LogP contribution in [0.2, 0.25) is 0 Å². The topological polar surface area (TPSA) is 0 Å². The van der Waals surface area contributed by atoms with E-state index in [1.165, 1.54) is 0 Å². The second-order valence-corrected chi connectivity index (χ2v) is 3.04. The number of rotatable bonds is 0. The summed E-state index contributed by atoms with van der Waals surface area (Å²) in [5.41, 5.74) is 1.03. The maximum atomic E-state index is 5.86. The predicted octanol–water partition coefficient (Wildman–Crippen LogP) is 3.58. The second kappa shape index (κ2) is 3.27. The fourth-order valence-electron chi connectivity index (χ4n) is 0.761. The predicted molar refractivity (Wildman–Crippen MR) is 46.2 cm³/mol. The molecule has 0 aromatic rings. The molecule has 0 aliphatic heterocycles. The van der Waals surface area contributed by atoms with Crippen molar-refractivity contribution in [2.45, 2.75) is 13.3 Å². The van der Waals surface area contributed by atoms with Gasteiger partial charge in [-0.15, -0.1) is 0 Å². The first-order valence-corrected chi connectivity index (χ1v) is 3.85. The van der Waals surface area contributed by atoms with Crippen molar-refractivity contribution in [3.63, 3.8) is 0 Å². The molecule has 54 valence electrons. The molecule has 0 unspecified atom stereocenters. The van der Waals surface area contributed by atoms with Crippen LogP contribution in [0.4, 0.5) is 0 Å². The average Bonchev–Trinajstić information content (AvgIpc) is 2.04. The lowest BCUT2D eigenvalue weighted by molar-refractivity contribution is 1.34. The fraction of sp³-hybridized carbons (Fsp3) is 0.250. The van der Waals surface area contributed by atoms with Gasteiger partial charge in [0.1, 0.15) is 0 Å². The van der Waals surface area contributed by atoms with E-state index in [0.29, 0.717) is 5.03 Å². The molecule has 0 N–H and O–H groups in total. The van der Waals surface area contributed by atoms with Crippen molar-refractivity contribution in [3.05, 3.63) is 33.9 Å². The van der Waals surface area contributed by atoms with Gasteiger partial charge in [-0.3, -0.25) is 0 Å². The minimum absolute atomic E-state index is 0.687. The lowest BCUT2D eigenvalue weighted by Gasteiger charge is -1.97. The van der Waals surface area contributed by atoms with Gasteiger partial charge in [-0.25, -0.2) is 0 Å². The first kappa shape index (κ1) is 7.90. The Bertz CT molecular complexity index is 216. The van der Waals surface area contributed by atoms with Crippen molar-refractivity contribution < 1.29 is 0 Å². The van der Waals surface area contributed by atoms with E-state index in [-0.39, 0.29) is 0 Å². The molecule has 0 aromatic heterocycles. The Hall–Kier alpha value is -0.200. The highest BCUT2D eigenvalue weighted by Gasteiger charge is 2.03. The molecule has 0 nitrogen and oxygen atoms in total. The minimum atomic E-state index is 0.687. The minimum Gasteiger partial charge on any atom is -0.0872 e. The van der Waals surface area contributed by atoms with Gasteiger partial charge in [-0.2, -0.15) is 0 Å². The van der Waals surface area contributed by atoms with E-state index in [1.807, 2.05) is 25.2 Å². The summed E-state index contributed by atoms with van der Waals surface area (Å²) in [5.74, 6) is 0. The number of hydrogen-bond acceptors (Lipinski definition) is 0. The smallest absolute Gasteiger partial charge is 0.0583 e. The summed E-state index contributed by atoms with van der Waals surface area (Å²) in [6, 6.07) is 0. The van der Waals surface area contributed by atoms with Crippen molar-refractivity contribution >= 4 is 23.2 Å². The van der Waals surface area contributed by atoms with Gasteiger partial charge in [0.2, 0.25) is 0 Å². The molecule has 0 bridgehead atoms. The Morgan fingerprint density at radius 2 is 2.10 bits per heavy atom. The molecule has 0 atom stereocenters. The Balaban J connectivity index is 3.00. The zero-order valence-electron chi connectivity index (χ0n) is 5.70. The highest BCUT2D eigenvalue weighted by atomic mass is 35.5. The summed E-state index contributed by atoms with van der Waals surface area (Å²) in [5, 5.41) is 1.41. The van der Waals surface area contributed by atoms with E-state index in [1.54, 1.807) is 0 Å². The summed E-state index contributed by atoms with van der Waals surface area (Å²) < 4.78 is 0. The number of hydrogen-bond donors (Lipinski definition) is 0. The van der Waals surface area contributed by atoms with E-state index in [0.717, 1.165) is 17.0 Å². The molecule has 2 heteroatoms. The average molecular weight is 175 g/mol. The maximum absolute atomic E-state index is 5.86. The largest absolute Gasteiger partial charge is 0.0872 e. The Morgan fingerprint density at radius 3 is 2.80 bits per heavy atom. The zero-order chi connectivity index (χ0) is 7.56. The molecule has 1 rings (SSSR count). The van der Waals surface area contributed by atoms with E-state index in [4.69, 9.17) is 23.2 Å². The molecule has 0 saturated heterocycles. The van der Waals surface area contributed by atoms with Crippen LogP contribution in [-0.2, 0) is 0 Å². The van der Waals surface area contributed by atoms with Gasteiger partial charge >= 0.3 is 0 Å². The third kappa shape index (κ3) is 1.65. The van der Waals surface area contributed by atoms with Crippen molar-refractivity contribution in [3.8, 4) is 0 Å². The van der Waals surface area contributed by atoms with Crippen LogP contribution in [0.3, 0.4) is 0 Å². The van der Waals surface area contributed by atoms with Gasteiger partial charge in [0, 0.05) is 11.5 Å². The highest BCUT2D eigenvalue weighted by molar-refractivity contribution is 6.40. The molecule has 1 aliphatic carbocycles. The lowest BCUT2D eigenvalue weighted by atomic mass is 10.2. The quantitative estimate of drug-likeness (QED) is 0.527.